The lowest BCUT2D eigenvalue weighted by Crippen LogP contribution is -2.05. The van der Waals surface area contributed by atoms with Crippen molar-refractivity contribution in [3.63, 3.8) is 0 Å². The van der Waals surface area contributed by atoms with Crippen molar-refractivity contribution in [2.45, 2.75) is 49.3 Å². The van der Waals surface area contributed by atoms with Crippen LogP contribution in [0.15, 0.2) is 34.1 Å². The molecule has 122 valence electrons. The summed E-state index contributed by atoms with van der Waals surface area (Å²) in [7, 11) is -3.55. The van der Waals surface area contributed by atoms with Gasteiger partial charge in [-0.05, 0) is 42.2 Å². The van der Waals surface area contributed by atoms with Gasteiger partial charge in [-0.2, -0.15) is 0 Å². The lowest BCUT2D eigenvalue weighted by molar-refractivity contribution is 0.597. The number of anilines is 2. The molecular formula is C18H22N2O2S. The molecule has 23 heavy (non-hydrogen) atoms. The summed E-state index contributed by atoms with van der Waals surface area (Å²) in [5, 5.41) is 0. The van der Waals surface area contributed by atoms with E-state index in [2.05, 4.69) is 6.92 Å². The highest BCUT2D eigenvalue weighted by Gasteiger charge is 2.36. The van der Waals surface area contributed by atoms with Crippen LogP contribution >= 0.6 is 0 Å². The van der Waals surface area contributed by atoms with Crippen molar-refractivity contribution in [3.8, 4) is 11.1 Å². The minimum Gasteiger partial charge on any atom is -0.398 e. The van der Waals surface area contributed by atoms with Crippen LogP contribution in [0.2, 0.25) is 0 Å². The maximum atomic E-state index is 13.0. The van der Waals surface area contributed by atoms with E-state index in [1.807, 2.05) is 25.1 Å². The molecule has 3 rings (SSSR count). The Morgan fingerprint density at radius 1 is 0.913 bits per heavy atom. The molecule has 1 aliphatic rings. The van der Waals surface area contributed by atoms with Gasteiger partial charge in [0.1, 0.15) is 0 Å². The third-order valence-electron chi connectivity index (χ3n) is 4.41. The summed E-state index contributed by atoms with van der Waals surface area (Å²) in [6, 6.07) is 7.18. The molecule has 0 spiro atoms. The zero-order chi connectivity index (χ0) is 16.8. The number of sulfone groups is 1. The lowest BCUT2D eigenvalue weighted by atomic mass is 9.96. The van der Waals surface area contributed by atoms with Gasteiger partial charge in [-0.15, -0.1) is 0 Å². The quantitative estimate of drug-likeness (QED) is 0.716. The molecular weight excluding hydrogens is 308 g/mol. The molecule has 0 radical (unpaired) electrons. The van der Waals surface area contributed by atoms with Gasteiger partial charge in [-0.1, -0.05) is 32.8 Å². The highest BCUT2D eigenvalue weighted by atomic mass is 32.2. The normalized spacial score (nSPS) is 14.5. The van der Waals surface area contributed by atoms with Crippen molar-refractivity contribution >= 4 is 21.2 Å². The summed E-state index contributed by atoms with van der Waals surface area (Å²) in [4.78, 5) is 0.690. The molecule has 0 unspecified atom stereocenters. The van der Waals surface area contributed by atoms with Gasteiger partial charge in [0.05, 0.1) is 9.79 Å². The molecule has 0 amide bonds. The number of rotatable bonds is 4. The Labute approximate surface area is 137 Å². The van der Waals surface area contributed by atoms with Crippen LogP contribution in [-0.4, -0.2) is 8.42 Å². The maximum Gasteiger partial charge on any atom is 0.208 e. The van der Waals surface area contributed by atoms with Gasteiger partial charge in [-0.3, -0.25) is 0 Å². The molecule has 2 aromatic carbocycles. The van der Waals surface area contributed by atoms with Crippen molar-refractivity contribution in [2.75, 3.05) is 11.5 Å². The average Bonchev–Trinajstić information content (AvgIpc) is 2.71. The van der Waals surface area contributed by atoms with Crippen LogP contribution in [0.3, 0.4) is 0 Å². The molecule has 0 aliphatic carbocycles. The number of hydrogen-bond donors (Lipinski definition) is 2. The second-order valence-electron chi connectivity index (χ2n) is 6.06. The minimum absolute atomic E-state index is 0.313. The first-order chi connectivity index (χ1) is 10.9. The van der Waals surface area contributed by atoms with E-state index in [0.29, 0.717) is 27.6 Å². The number of nitrogen functional groups attached to an aromatic ring is 2. The summed E-state index contributed by atoms with van der Waals surface area (Å²) < 4.78 is 26.1. The molecule has 0 aromatic heterocycles. The minimum atomic E-state index is -3.55. The van der Waals surface area contributed by atoms with Crippen LogP contribution < -0.4 is 11.5 Å². The van der Waals surface area contributed by atoms with Crippen LogP contribution in [0.5, 0.6) is 0 Å². The SMILES string of the molecule is CCCc1cc2c(cc1N)S(=O)(=O)c1c-2ccc(N)c1CCC. The molecule has 4 N–H and O–H groups in total. The molecule has 1 aliphatic heterocycles. The van der Waals surface area contributed by atoms with E-state index in [1.54, 1.807) is 6.07 Å². The number of nitrogens with two attached hydrogens (primary N) is 2. The van der Waals surface area contributed by atoms with Crippen molar-refractivity contribution in [1.29, 1.82) is 0 Å². The predicted octanol–water partition coefficient (Wildman–Crippen LogP) is 3.57. The maximum absolute atomic E-state index is 13.0. The number of fused-ring (bicyclic) bond motifs is 3. The third kappa shape index (κ3) is 2.30. The summed E-state index contributed by atoms with van der Waals surface area (Å²) in [6.07, 6.45) is 3.30. The van der Waals surface area contributed by atoms with Gasteiger partial charge in [-0.25, -0.2) is 8.42 Å². The van der Waals surface area contributed by atoms with Gasteiger partial charge >= 0.3 is 0 Å². The van der Waals surface area contributed by atoms with E-state index in [-0.39, 0.29) is 0 Å². The molecule has 0 atom stereocenters. The van der Waals surface area contributed by atoms with E-state index in [4.69, 9.17) is 11.5 Å². The predicted molar refractivity (Wildman–Crippen MR) is 94.1 cm³/mol. The van der Waals surface area contributed by atoms with E-state index in [9.17, 15) is 8.42 Å². The highest BCUT2D eigenvalue weighted by Crippen LogP contribution is 2.47. The lowest BCUT2D eigenvalue weighted by Gasteiger charge is -2.10. The molecule has 0 saturated carbocycles. The highest BCUT2D eigenvalue weighted by molar-refractivity contribution is 7.92. The molecule has 1 heterocycles. The van der Waals surface area contributed by atoms with Crippen molar-refractivity contribution in [3.05, 3.63) is 35.4 Å². The monoisotopic (exact) mass is 330 g/mol. The molecule has 4 nitrogen and oxygen atoms in total. The topological polar surface area (TPSA) is 86.2 Å². The first-order valence-electron chi connectivity index (χ1n) is 8.01. The van der Waals surface area contributed by atoms with Crippen LogP contribution in [0.4, 0.5) is 11.4 Å². The Balaban J connectivity index is 2.34. The van der Waals surface area contributed by atoms with E-state index in [0.717, 1.165) is 41.5 Å². The average molecular weight is 330 g/mol. The summed E-state index contributed by atoms with van der Waals surface area (Å²) in [5.41, 5.74) is 16.5. The second kappa shape index (κ2) is 5.57. The van der Waals surface area contributed by atoms with Crippen molar-refractivity contribution in [2.24, 2.45) is 0 Å². The van der Waals surface area contributed by atoms with E-state index in [1.165, 1.54) is 0 Å². The van der Waals surface area contributed by atoms with Crippen LogP contribution in [0.25, 0.3) is 11.1 Å². The number of benzene rings is 2. The van der Waals surface area contributed by atoms with Gasteiger partial charge < -0.3 is 11.5 Å². The fourth-order valence-corrected chi connectivity index (χ4v) is 5.31. The van der Waals surface area contributed by atoms with Gasteiger partial charge in [0.2, 0.25) is 9.84 Å². The zero-order valence-electron chi connectivity index (χ0n) is 13.5. The molecule has 5 heteroatoms. The third-order valence-corrected chi connectivity index (χ3v) is 6.33. The second-order valence-corrected chi connectivity index (χ2v) is 7.92. The van der Waals surface area contributed by atoms with Crippen molar-refractivity contribution in [1.82, 2.24) is 0 Å². The summed E-state index contributed by atoms with van der Waals surface area (Å²) in [5.74, 6) is 0. The smallest absolute Gasteiger partial charge is 0.208 e. The van der Waals surface area contributed by atoms with Crippen LogP contribution in [0, 0.1) is 0 Å². The Morgan fingerprint density at radius 3 is 2.26 bits per heavy atom. The Morgan fingerprint density at radius 2 is 1.61 bits per heavy atom. The standard InChI is InChI=1S/C18H22N2O2S/c1-3-5-11-9-14-12-7-8-15(19)13(6-4-2)18(12)23(21,22)17(14)10-16(11)20/h7-10H,3-6,19-20H2,1-2H3. The van der Waals surface area contributed by atoms with Gasteiger partial charge in [0.25, 0.3) is 0 Å². The van der Waals surface area contributed by atoms with Crippen LogP contribution in [-0.2, 0) is 22.7 Å². The number of aryl methyl sites for hydroxylation is 1. The Bertz CT molecular complexity index is 886. The first kappa shape index (κ1) is 15.9. The van der Waals surface area contributed by atoms with Gasteiger partial charge in [0, 0.05) is 22.5 Å². The summed E-state index contributed by atoms with van der Waals surface area (Å²) in [6.45, 7) is 4.10. The largest absolute Gasteiger partial charge is 0.398 e. The Hall–Kier alpha value is -2.01. The molecule has 2 aromatic rings. The molecule has 0 bridgehead atoms. The molecule has 0 saturated heterocycles. The molecule has 0 fully saturated rings. The van der Waals surface area contributed by atoms with E-state index >= 15 is 0 Å². The number of hydrogen-bond acceptors (Lipinski definition) is 4. The zero-order valence-corrected chi connectivity index (χ0v) is 14.3. The summed E-state index contributed by atoms with van der Waals surface area (Å²) >= 11 is 0. The van der Waals surface area contributed by atoms with Gasteiger partial charge in [0.15, 0.2) is 0 Å². The fourth-order valence-electron chi connectivity index (χ4n) is 3.34. The first-order valence-corrected chi connectivity index (χ1v) is 9.49. The van der Waals surface area contributed by atoms with E-state index < -0.39 is 9.84 Å². The Kier molecular flexibility index (Phi) is 3.84. The fraction of sp³-hybridized carbons (Fsp3) is 0.333. The van der Waals surface area contributed by atoms with Crippen molar-refractivity contribution < 1.29 is 8.42 Å². The van der Waals surface area contributed by atoms with Crippen LogP contribution in [0.1, 0.15) is 37.8 Å².